The van der Waals surface area contributed by atoms with Gasteiger partial charge in [-0.05, 0) is 37.3 Å². The van der Waals surface area contributed by atoms with Gasteiger partial charge in [0.05, 0.1) is 47.4 Å². The van der Waals surface area contributed by atoms with Gasteiger partial charge in [-0.2, -0.15) is 13.5 Å². The van der Waals surface area contributed by atoms with Gasteiger partial charge >= 0.3 is 10.4 Å². The number of sulfone groups is 1. The SMILES string of the molecule is CCN(CCOSOOO)c1cc(Cl)c(N=Nc2ccc(S(=O)(=O)CCOS(=O)(=O)O)cc2)cc1OC. The van der Waals surface area contributed by atoms with Crippen molar-refractivity contribution in [3.8, 4) is 5.75 Å². The summed E-state index contributed by atoms with van der Waals surface area (Å²) in [5.41, 5.74) is 1.30. The van der Waals surface area contributed by atoms with Crippen LogP contribution in [0.2, 0.25) is 5.02 Å². The van der Waals surface area contributed by atoms with Crippen LogP contribution in [0.15, 0.2) is 51.5 Å². The zero-order chi connectivity index (χ0) is 27.5. The van der Waals surface area contributed by atoms with E-state index in [-0.39, 0.29) is 16.5 Å². The minimum absolute atomic E-state index is 0.0908. The Hall–Kier alpha value is -2.06. The lowest BCUT2D eigenvalue weighted by molar-refractivity contribution is -0.434. The first-order valence-corrected chi connectivity index (χ1v) is 14.3. The van der Waals surface area contributed by atoms with Gasteiger partial charge in [0.15, 0.2) is 22.2 Å². The molecule has 0 aliphatic heterocycles. The van der Waals surface area contributed by atoms with Crippen LogP contribution in [0.1, 0.15) is 6.92 Å². The van der Waals surface area contributed by atoms with Gasteiger partial charge in [0.2, 0.25) is 0 Å². The van der Waals surface area contributed by atoms with E-state index in [1.54, 1.807) is 12.1 Å². The van der Waals surface area contributed by atoms with Crippen molar-refractivity contribution in [2.24, 2.45) is 10.2 Å². The van der Waals surface area contributed by atoms with Gasteiger partial charge in [0, 0.05) is 19.2 Å². The fourth-order valence-corrected chi connectivity index (χ4v) is 4.77. The lowest BCUT2D eigenvalue weighted by Crippen LogP contribution is -2.27. The highest BCUT2D eigenvalue weighted by molar-refractivity contribution is 7.91. The Morgan fingerprint density at radius 1 is 1.08 bits per heavy atom. The average molecular weight is 602 g/mol. The second-order valence-corrected chi connectivity index (χ2v) is 11.0. The number of hydrogen-bond acceptors (Lipinski definition) is 14. The molecule has 0 atom stereocenters. The van der Waals surface area contributed by atoms with Crippen LogP contribution >= 0.6 is 23.9 Å². The van der Waals surface area contributed by atoms with Crippen LogP contribution in [-0.2, 0) is 38.0 Å². The lowest BCUT2D eigenvalue weighted by Gasteiger charge is -2.25. The highest BCUT2D eigenvalue weighted by Gasteiger charge is 2.17. The maximum Gasteiger partial charge on any atom is 0.397 e. The van der Waals surface area contributed by atoms with Gasteiger partial charge < -0.3 is 9.64 Å². The molecule has 18 heteroatoms. The first-order chi connectivity index (χ1) is 17.5. The first kappa shape index (κ1) is 31.2. The van der Waals surface area contributed by atoms with Gasteiger partial charge in [-0.3, -0.25) is 8.74 Å². The summed E-state index contributed by atoms with van der Waals surface area (Å²) in [6.07, 6.45) is 0. The fraction of sp³-hybridized carbons (Fsp3) is 0.368. The summed E-state index contributed by atoms with van der Waals surface area (Å²) in [5, 5.41) is 20.0. The molecular formula is C19H24ClN3O11S3. The maximum atomic E-state index is 12.3. The molecule has 0 saturated carbocycles. The van der Waals surface area contributed by atoms with Gasteiger partial charge in [-0.15, -0.1) is 9.45 Å². The largest absolute Gasteiger partial charge is 0.495 e. The van der Waals surface area contributed by atoms with Crippen molar-refractivity contribution in [1.29, 1.82) is 0 Å². The molecule has 0 unspecified atom stereocenters. The van der Waals surface area contributed by atoms with E-state index in [1.165, 1.54) is 31.4 Å². The normalized spacial score (nSPS) is 12.2. The molecule has 2 aromatic carbocycles. The van der Waals surface area contributed by atoms with E-state index in [0.717, 1.165) is 0 Å². The Morgan fingerprint density at radius 3 is 2.38 bits per heavy atom. The zero-order valence-corrected chi connectivity index (χ0v) is 22.7. The van der Waals surface area contributed by atoms with Crippen LogP contribution in [0, 0.1) is 0 Å². The molecule has 0 heterocycles. The summed E-state index contributed by atoms with van der Waals surface area (Å²) in [6.45, 7) is 2.45. The molecular weight excluding hydrogens is 578 g/mol. The molecule has 0 aliphatic rings. The van der Waals surface area contributed by atoms with Crippen LogP contribution in [0.4, 0.5) is 17.1 Å². The number of hydrogen-bond donors (Lipinski definition) is 2. The predicted octanol–water partition coefficient (Wildman–Crippen LogP) is 4.18. The zero-order valence-electron chi connectivity index (χ0n) is 19.5. The van der Waals surface area contributed by atoms with Crippen molar-refractivity contribution in [3.05, 3.63) is 41.4 Å². The van der Waals surface area contributed by atoms with E-state index < -0.39 is 32.6 Å². The Balaban J connectivity index is 2.13. The van der Waals surface area contributed by atoms with Crippen LogP contribution in [0.5, 0.6) is 5.75 Å². The highest BCUT2D eigenvalue weighted by atomic mass is 35.5. The van der Waals surface area contributed by atoms with Crippen molar-refractivity contribution >= 4 is 61.2 Å². The molecule has 0 aliphatic carbocycles. The average Bonchev–Trinajstić information content (AvgIpc) is 2.85. The van der Waals surface area contributed by atoms with Gasteiger partial charge in [0.25, 0.3) is 0 Å². The van der Waals surface area contributed by atoms with Crippen LogP contribution < -0.4 is 9.64 Å². The highest BCUT2D eigenvalue weighted by Crippen LogP contribution is 2.39. The number of benzene rings is 2. The molecule has 37 heavy (non-hydrogen) atoms. The van der Waals surface area contributed by atoms with E-state index in [9.17, 15) is 16.8 Å². The number of methoxy groups -OCH3 is 1. The molecule has 0 fully saturated rings. The molecule has 2 rings (SSSR count). The number of likely N-dealkylation sites (N-methyl/N-ethyl adjacent to an activating group) is 1. The summed E-state index contributed by atoms with van der Waals surface area (Å²) in [5.74, 6) is -0.184. The summed E-state index contributed by atoms with van der Waals surface area (Å²) < 4.78 is 73.0. The molecule has 0 amide bonds. The summed E-state index contributed by atoms with van der Waals surface area (Å²) >= 11 is 6.88. The van der Waals surface area contributed by atoms with Crippen molar-refractivity contribution in [2.75, 3.05) is 44.1 Å². The monoisotopic (exact) mass is 601 g/mol. The number of ether oxygens (including phenoxy) is 1. The third-order valence-electron chi connectivity index (χ3n) is 4.57. The Labute approximate surface area is 223 Å². The standard InChI is InChI=1S/C19H24ClN3O11S3/c1-3-23(8-9-31-35-34-33-24)18-12-16(20)17(13-19(18)30-2)22-21-14-4-6-15(7-5-14)36(25,26)11-10-32-37(27,28)29/h4-7,12-13,24H,3,8-11H2,1-2H3,(H,27,28,29). The van der Waals surface area contributed by atoms with Crippen LogP contribution in [0.3, 0.4) is 0 Å². The lowest BCUT2D eigenvalue weighted by atomic mass is 10.2. The van der Waals surface area contributed by atoms with Crippen molar-refractivity contribution in [2.45, 2.75) is 11.8 Å². The van der Waals surface area contributed by atoms with Gasteiger partial charge in [-0.1, -0.05) is 16.6 Å². The quantitative estimate of drug-likeness (QED) is 0.0698. The molecule has 14 nitrogen and oxygen atoms in total. The van der Waals surface area contributed by atoms with Crippen molar-refractivity contribution in [1.82, 2.24) is 0 Å². The van der Waals surface area contributed by atoms with E-state index in [1.807, 2.05) is 11.8 Å². The number of halogens is 1. The second kappa shape index (κ2) is 14.8. The van der Waals surface area contributed by atoms with E-state index in [2.05, 4.69) is 23.8 Å². The topological polar surface area (TPSA) is 183 Å². The molecule has 0 saturated heterocycles. The van der Waals surface area contributed by atoms with Crippen LogP contribution in [0.25, 0.3) is 0 Å². The Bertz CT molecular complexity index is 1260. The maximum absolute atomic E-state index is 12.3. The molecule has 0 spiro atoms. The molecule has 2 aromatic rings. The number of nitrogens with zero attached hydrogens (tertiary/aromatic N) is 3. The van der Waals surface area contributed by atoms with Crippen LogP contribution in [-0.4, -0.2) is 65.8 Å². The third kappa shape index (κ3) is 10.3. The molecule has 206 valence electrons. The van der Waals surface area contributed by atoms with E-state index >= 15 is 0 Å². The van der Waals surface area contributed by atoms with E-state index in [0.29, 0.717) is 48.2 Å². The Morgan fingerprint density at radius 2 is 1.78 bits per heavy atom. The van der Waals surface area contributed by atoms with Gasteiger partial charge in [-0.25, -0.2) is 17.9 Å². The number of anilines is 1. The van der Waals surface area contributed by atoms with Crippen molar-refractivity contribution in [3.63, 3.8) is 0 Å². The van der Waals surface area contributed by atoms with Crippen molar-refractivity contribution < 1.29 is 49.1 Å². The summed E-state index contributed by atoms with van der Waals surface area (Å²) in [6, 6.07) is 8.61. The minimum atomic E-state index is -4.73. The predicted molar refractivity (Wildman–Crippen MR) is 134 cm³/mol. The number of azo groups is 1. The van der Waals surface area contributed by atoms with E-state index in [4.69, 9.17) is 30.3 Å². The fourth-order valence-electron chi connectivity index (χ4n) is 2.88. The van der Waals surface area contributed by atoms with Gasteiger partial charge in [0.1, 0.15) is 11.4 Å². The number of rotatable bonds is 16. The second-order valence-electron chi connectivity index (χ2n) is 6.85. The molecule has 0 radical (unpaired) electrons. The Kier molecular flexibility index (Phi) is 12.4. The summed E-state index contributed by atoms with van der Waals surface area (Å²) in [4.78, 5) is 1.83. The first-order valence-electron chi connectivity index (χ1n) is 10.3. The molecule has 0 aromatic heterocycles. The molecule has 0 bridgehead atoms. The molecule has 2 N–H and O–H groups in total. The third-order valence-corrected chi connectivity index (χ3v) is 7.42. The smallest absolute Gasteiger partial charge is 0.397 e. The minimum Gasteiger partial charge on any atom is -0.495 e. The summed E-state index contributed by atoms with van der Waals surface area (Å²) in [7, 11) is -7.10.